The number of fused-ring (bicyclic) bond motifs is 2. The second kappa shape index (κ2) is 6.73. The number of pyridine rings is 1. The van der Waals surface area contributed by atoms with Crippen LogP contribution in [0.1, 0.15) is 45.6 Å². The summed E-state index contributed by atoms with van der Waals surface area (Å²) in [6, 6.07) is 4.55. The van der Waals surface area contributed by atoms with Crippen LogP contribution < -0.4 is 5.32 Å². The van der Waals surface area contributed by atoms with Crippen molar-refractivity contribution >= 4 is 21.9 Å². The first-order valence-corrected chi connectivity index (χ1v) is 9.29. The van der Waals surface area contributed by atoms with Crippen LogP contribution in [0.15, 0.2) is 22.9 Å². The summed E-state index contributed by atoms with van der Waals surface area (Å²) in [7, 11) is 0. The number of halogens is 1. The Hall–Kier alpha value is -0.980. The highest BCUT2D eigenvalue weighted by Crippen LogP contribution is 2.47. The van der Waals surface area contributed by atoms with Gasteiger partial charge in [0.25, 0.3) is 0 Å². The summed E-state index contributed by atoms with van der Waals surface area (Å²) in [5.41, 5.74) is 0.0747. The molecule has 2 aliphatic rings. The molecule has 0 radical (unpaired) electrons. The van der Waals surface area contributed by atoms with Gasteiger partial charge in [-0.05, 0) is 62.0 Å². The van der Waals surface area contributed by atoms with E-state index in [1.165, 1.54) is 0 Å². The van der Waals surface area contributed by atoms with E-state index in [0.717, 1.165) is 36.0 Å². The monoisotopic (exact) mass is 396 g/mol. The number of nitrogens with one attached hydrogen (secondary N) is 1. The first kappa shape index (κ1) is 17.8. The lowest BCUT2D eigenvalue weighted by Gasteiger charge is -2.42. The average Bonchev–Trinajstić information content (AvgIpc) is 2.90. The number of carbonyl (C=O) groups is 1. The van der Waals surface area contributed by atoms with Crippen molar-refractivity contribution < 1.29 is 14.3 Å². The maximum Gasteiger partial charge on any atom is 0.332 e. The Morgan fingerprint density at radius 2 is 2.25 bits per heavy atom. The summed E-state index contributed by atoms with van der Waals surface area (Å²) in [4.78, 5) is 16.5. The normalized spacial score (nSPS) is 29.5. The average molecular weight is 397 g/mol. The van der Waals surface area contributed by atoms with Crippen molar-refractivity contribution in [2.45, 2.75) is 57.3 Å². The number of rotatable bonds is 4. The zero-order valence-corrected chi connectivity index (χ0v) is 16.1. The Labute approximate surface area is 151 Å². The van der Waals surface area contributed by atoms with Crippen LogP contribution in [0.25, 0.3) is 0 Å². The third-order valence-electron chi connectivity index (χ3n) is 4.83. The number of hydrogen-bond acceptors (Lipinski definition) is 5. The Balaban J connectivity index is 1.80. The zero-order chi connectivity index (χ0) is 17.4. The third-order valence-corrected chi connectivity index (χ3v) is 5.30. The van der Waals surface area contributed by atoms with Gasteiger partial charge in [0.05, 0.1) is 5.60 Å². The molecule has 1 saturated heterocycles. The molecule has 0 aromatic carbocycles. The van der Waals surface area contributed by atoms with E-state index in [4.69, 9.17) is 9.47 Å². The second-order valence-electron chi connectivity index (χ2n) is 7.71. The van der Waals surface area contributed by atoms with E-state index in [-0.39, 0.29) is 12.6 Å². The van der Waals surface area contributed by atoms with Crippen LogP contribution >= 0.6 is 15.9 Å². The zero-order valence-electron chi connectivity index (χ0n) is 14.5. The molecule has 1 aromatic rings. The van der Waals surface area contributed by atoms with E-state index in [0.29, 0.717) is 12.0 Å². The summed E-state index contributed by atoms with van der Waals surface area (Å²) in [5.74, 6) is 0.0293. The largest absolute Gasteiger partial charge is 0.458 e. The predicted octanol–water partition coefficient (Wildman–Crippen LogP) is 3.17. The van der Waals surface area contributed by atoms with Crippen molar-refractivity contribution in [3.8, 4) is 0 Å². The molecule has 1 saturated carbocycles. The van der Waals surface area contributed by atoms with Gasteiger partial charge in [-0.25, -0.2) is 9.78 Å². The van der Waals surface area contributed by atoms with Crippen LogP contribution in [0.5, 0.6) is 0 Å². The molecule has 6 heteroatoms. The predicted molar refractivity (Wildman–Crippen MR) is 94.5 cm³/mol. The second-order valence-corrected chi connectivity index (χ2v) is 8.52. The van der Waals surface area contributed by atoms with Crippen molar-refractivity contribution in [2.75, 3.05) is 13.2 Å². The molecule has 1 N–H and O–H groups in total. The van der Waals surface area contributed by atoms with Crippen molar-refractivity contribution in [1.82, 2.24) is 10.3 Å². The fourth-order valence-electron chi connectivity index (χ4n) is 3.83. The van der Waals surface area contributed by atoms with Crippen LogP contribution in [0, 0.1) is 5.92 Å². The lowest BCUT2D eigenvalue weighted by molar-refractivity contribution is -0.174. The van der Waals surface area contributed by atoms with Gasteiger partial charge in [-0.3, -0.25) is 0 Å². The Morgan fingerprint density at radius 1 is 1.46 bits per heavy atom. The van der Waals surface area contributed by atoms with Gasteiger partial charge < -0.3 is 14.8 Å². The molecule has 5 nitrogen and oxygen atoms in total. The molecule has 24 heavy (non-hydrogen) atoms. The van der Waals surface area contributed by atoms with Crippen molar-refractivity contribution in [2.24, 2.45) is 5.92 Å². The molecule has 1 aromatic heterocycles. The molecular formula is C18H25BrN2O3. The lowest BCUT2D eigenvalue weighted by Crippen LogP contribution is -2.43. The van der Waals surface area contributed by atoms with Gasteiger partial charge in [-0.1, -0.05) is 6.07 Å². The van der Waals surface area contributed by atoms with Gasteiger partial charge in [0.1, 0.15) is 16.8 Å². The third kappa shape index (κ3) is 3.81. The molecule has 0 spiro atoms. The molecule has 132 valence electrons. The molecule has 3 unspecified atom stereocenters. The SMILES string of the molecule is CC(C)(C)OC(=O)COC1(c2ccc(Br)nc2)CCC2CC1CN2. The van der Waals surface area contributed by atoms with Crippen LogP contribution in [-0.4, -0.2) is 35.7 Å². The molecule has 1 aliphatic carbocycles. The smallest absolute Gasteiger partial charge is 0.332 e. The summed E-state index contributed by atoms with van der Waals surface area (Å²) >= 11 is 3.38. The van der Waals surface area contributed by atoms with Crippen LogP contribution in [-0.2, 0) is 19.9 Å². The molecule has 2 bridgehead atoms. The van der Waals surface area contributed by atoms with E-state index in [2.05, 4.69) is 26.2 Å². The minimum atomic E-state index is -0.501. The van der Waals surface area contributed by atoms with Gasteiger partial charge in [0.15, 0.2) is 0 Å². The molecule has 2 heterocycles. The minimum absolute atomic E-state index is 0.0332. The van der Waals surface area contributed by atoms with Gasteiger partial charge in [0, 0.05) is 30.3 Å². The van der Waals surface area contributed by atoms with Crippen molar-refractivity contribution in [1.29, 1.82) is 0 Å². The number of carbonyl (C=O) groups excluding carboxylic acids is 1. The number of nitrogens with zero attached hydrogens (tertiary/aromatic N) is 1. The van der Waals surface area contributed by atoms with Crippen LogP contribution in [0.2, 0.25) is 0 Å². The van der Waals surface area contributed by atoms with Gasteiger partial charge in [-0.2, -0.15) is 0 Å². The van der Waals surface area contributed by atoms with Crippen LogP contribution in [0.3, 0.4) is 0 Å². The summed E-state index contributed by atoms with van der Waals surface area (Å²) in [5, 5.41) is 3.55. The van der Waals surface area contributed by atoms with Gasteiger partial charge in [0.2, 0.25) is 0 Å². The van der Waals surface area contributed by atoms with E-state index >= 15 is 0 Å². The summed E-state index contributed by atoms with van der Waals surface area (Å²) in [6.07, 6.45) is 4.87. The molecule has 0 amide bonds. The van der Waals surface area contributed by atoms with Crippen molar-refractivity contribution in [3.05, 3.63) is 28.5 Å². The highest BCUT2D eigenvalue weighted by Gasteiger charge is 2.49. The van der Waals surface area contributed by atoms with E-state index in [9.17, 15) is 4.79 Å². The minimum Gasteiger partial charge on any atom is -0.458 e. The van der Waals surface area contributed by atoms with Crippen molar-refractivity contribution in [3.63, 3.8) is 0 Å². The van der Waals surface area contributed by atoms with Crippen LogP contribution in [0.4, 0.5) is 0 Å². The number of hydrogen-bond donors (Lipinski definition) is 1. The van der Waals surface area contributed by atoms with E-state index < -0.39 is 11.2 Å². The highest BCUT2D eigenvalue weighted by molar-refractivity contribution is 9.10. The standard InChI is InChI=1S/C18H25BrN2O3/c1-17(2,3)24-16(22)11-23-18(12-4-5-15(19)21-9-12)7-6-14-8-13(18)10-20-14/h4-5,9,13-14,20H,6-8,10-11H2,1-3H3. The number of ether oxygens (including phenoxy) is 2. The fourth-order valence-corrected chi connectivity index (χ4v) is 4.06. The lowest BCUT2D eigenvalue weighted by atomic mass is 9.72. The maximum absolute atomic E-state index is 12.1. The molecule has 2 fully saturated rings. The Morgan fingerprint density at radius 3 is 2.92 bits per heavy atom. The quantitative estimate of drug-likeness (QED) is 0.625. The summed E-state index contributed by atoms with van der Waals surface area (Å²) < 4.78 is 12.5. The van der Waals surface area contributed by atoms with Gasteiger partial charge >= 0.3 is 5.97 Å². The first-order chi connectivity index (χ1) is 11.3. The topological polar surface area (TPSA) is 60.5 Å². The number of aromatic nitrogens is 1. The molecule has 3 rings (SSSR count). The summed E-state index contributed by atoms with van der Waals surface area (Å²) in [6.45, 7) is 6.48. The number of esters is 1. The molecular weight excluding hydrogens is 372 g/mol. The highest BCUT2D eigenvalue weighted by atomic mass is 79.9. The van der Waals surface area contributed by atoms with Gasteiger partial charge in [-0.15, -0.1) is 0 Å². The molecule has 3 atom stereocenters. The Kier molecular flexibility index (Phi) is 5.00. The Bertz CT molecular complexity index is 599. The first-order valence-electron chi connectivity index (χ1n) is 8.50. The maximum atomic E-state index is 12.1. The van der Waals surface area contributed by atoms with E-state index in [1.54, 1.807) is 0 Å². The van der Waals surface area contributed by atoms with E-state index in [1.807, 2.05) is 39.1 Å². The molecule has 1 aliphatic heterocycles. The fraction of sp³-hybridized carbons (Fsp3) is 0.667.